The quantitative estimate of drug-likeness (QED) is 0.741. The summed E-state index contributed by atoms with van der Waals surface area (Å²) in [5, 5.41) is 6.51. The van der Waals surface area contributed by atoms with Crippen molar-refractivity contribution in [3.63, 3.8) is 0 Å². The molecule has 0 saturated carbocycles. The number of rotatable bonds is 5. The van der Waals surface area contributed by atoms with Crippen LogP contribution in [0.15, 0.2) is 66.9 Å². The summed E-state index contributed by atoms with van der Waals surface area (Å²) in [6.45, 7) is 2.83. The molecule has 1 aromatic heterocycles. The van der Waals surface area contributed by atoms with Crippen molar-refractivity contribution in [2.75, 3.05) is 10.6 Å². The standard InChI is InChI=1S/C18H18N4/c1-14-6-5-7-15(12-14)13-20-17-10-11-19-18(22-17)21-16-8-3-2-4-9-16/h2-12H,13H2,1H3,(H2,19,20,21,22). The molecule has 0 atom stereocenters. The van der Waals surface area contributed by atoms with Gasteiger partial charge in [-0.1, -0.05) is 48.0 Å². The van der Waals surface area contributed by atoms with E-state index in [-0.39, 0.29) is 0 Å². The van der Waals surface area contributed by atoms with Crippen molar-refractivity contribution >= 4 is 17.5 Å². The molecular formula is C18H18N4. The Bertz CT molecular complexity index is 741. The van der Waals surface area contributed by atoms with Crippen LogP contribution < -0.4 is 10.6 Å². The summed E-state index contributed by atoms with van der Waals surface area (Å²) in [6.07, 6.45) is 1.75. The van der Waals surface area contributed by atoms with Gasteiger partial charge in [0.1, 0.15) is 5.82 Å². The topological polar surface area (TPSA) is 49.8 Å². The van der Waals surface area contributed by atoms with Crippen molar-refractivity contribution in [2.45, 2.75) is 13.5 Å². The van der Waals surface area contributed by atoms with Gasteiger partial charge in [-0.15, -0.1) is 0 Å². The highest BCUT2D eigenvalue weighted by molar-refractivity contribution is 5.54. The Labute approximate surface area is 130 Å². The van der Waals surface area contributed by atoms with Crippen LogP contribution in [0.1, 0.15) is 11.1 Å². The lowest BCUT2D eigenvalue weighted by molar-refractivity contribution is 1.08. The fourth-order valence-electron chi connectivity index (χ4n) is 2.18. The van der Waals surface area contributed by atoms with Crippen LogP contribution in [0.3, 0.4) is 0 Å². The number of hydrogen-bond donors (Lipinski definition) is 2. The van der Waals surface area contributed by atoms with Crippen LogP contribution in [0.25, 0.3) is 0 Å². The van der Waals surface area contributed by atoms with Crippen molar-refractivity contribution in [1.82, 2.24) is 9.97 Å². The van der Waals surface area contributed by atoms with Crippen LogP contribution in [-0.2, 0) is 6.54 Å². The second-order valence-electron chi connectivity index (χ2n) is 5.10. The highest BCUT2D eigenvalue weighted by atomic mass is 15.1. The normalized spacial score (nSPS) is 10.2. The van der Waals surface area contributed by atoms with Crippen LogP contribution in [-0.4, -0.2) is 9.97 Å². The molecule has 0 aliphatic carbocycles. The summed E-state index contributed by atoms with van der Waals surface area (Å²) in [6, 6.07) is 20.2. The highest BCUT2D eigenvalue weighted by Crippen LogP contribution is 2.14. The average Bonchev–Trinajstić information content (AvgIpc) is 2.54. The summed E-state index contributed by atoms with van der Waals surface area (Å²) in [5.41, 5.74) is 3.46. The van der Waals surface area contributed by atoms with E-state index in [1.807, 2.05) is 36.4 Å². The number of aromatic nitrogens is 2. The van der Waals surface area contributed by atoms with Crippen LogP contribution in [0, 0.1) is 6.92 Å². The van der Waals surface area contributed by atoms with E-state index in [1.54, 1.807) is 6.20 Å². The lowest BCUT2D eigenvalue weighted by Gasteiger charge is -2.09. The second kappa shape index (κ2) is 6.72. The first-order valence-electron chi connectivity index (χ1n) is 7.24. The van der Waals surface area contributed by atoms with E-state index in [1.165, 1.54) is 11.1 Å². The van der Waals surface area contributed by atoms with Gasteiger partial charge >= 0.3 is 0 Å². The molecule has 3 aromatic rings. The summed E-state index contributed by atoms with van der Waals surface area (Å²) >= 11 is 0. The number of benzene rings is 2. The van der Waals surface area contributed by atoms with Crippen molar-refractivity contribution in [1.29, 1.82) is 0 Å². The number of nitrogens with one attached hydrogen (secondary N) is 2. The van der Waals surface area contributed by atoms with Gasteiger partial charge in [-0.2, -0.15) is 4.98 Å². The molecule has 0 aliphatic heterocycles. The molecule has 110 valence electrons. The van der Waals surface area contributed by atoms with E-state index in [2.05, 4.69) is 51.8 Å². The molecule has 0 spiro atoms. The largest absolute Gasteiger partial charge is 0.366 e. The monoisotopic (exact) mass is 290 g/mol. The third-order valence-corrected chi connectivity index (χ3v) is 3.24. The predicted molar refractivity (Wildman–Crippen MR) is 90.3 cm³/mol. The molecule has 0 saturated heterocycles. The first kappa shape index (κ1) is 14.1. The van der Waals surface area contributed by atoms with Gasteiger partial charge in [0, 0.05) is 18.4 Å². The van der Waals surface area contributed by atoms with Gasteiger partial charge in [0.2, 0.25) is 5.95 Å². The van der Waals surface area contributed by atoms with Crippen molar-refractivity contribution < 1.29 is 0 Å². The van der Waals surface area contributed by atoms with Crippen molar-refractivity contribution in [3.8, 4) is 0 Å². The SMILES string of the molecule is Cc1cccc(CNc2ccnc(Nc3ccccc3)n2)c1. The Morgan fingerprint density at radius 2 is 1.82 bits per heavy atom. The minimum atomic E-state index is 0.584. The molecule has 0 amide bonds. The van der Waals surface area contributed by atoms with Crippen LogP contribution >= 0.6 is 0 Å². The zero-order valence-electron chi connectivity index (χ0n) is 12.5. The molecule has 1 heterocycles. The maximum absolute atomic E-state index is 4.47. The fourth-order valence-corrected chi connectivity index (χ4v) is 2.18. The first-order chi connectivity index (χ1) is 10.8. The summed E-state index contributed by atoms with van der Waals surface area (Å²) in [5.74, 6) is 1.38. The molecule has 4 nitrogen and oxygen atoms in total. The highest BCUT2D eigenvalue weighted by Gasteiger charge is 2.00. The number of hydrogen-bond acceptors (Lipinski definition) is 4. The molecular weight excluding hydrogens is 272 g/mol. The molecule has 2 N–H and O–H groups in total. The van der Waals surface area contributed by atoms with Gasteiger partial charge in [0.25, 0.3) is 0 Å². The van der Waals surface area contributed by atoms with E-state index < -0.39 is 0 Å². The van der Waals surface area contributed by atoms with Crippen molar-refractivity contribution in [3.05, 3.63) is 78.0 Å². The number of nitrogens with zero attached hydrogens (tertiary/aromatic N) is 2. The van der Waals surface area contributed by atoms with E-state index in [4.69, 9.17) is 0 Å². The Morgan fingerprint density at radius 1 is 0.955 bits per heavy atom. The molecule has 4 heteroatoms. The minimum absolute atomic E-state index is 0.584. The van der Waals surface area contributed by atoms with Gasteiger partial charge in [-0.25, -0.2) is 4.98 Å². The maximum Gasteiger partial charge on any atom is 0.229 e. The first-order valence-corrected chi connectivity index (χ1v) is 7.24. The van der Waals surface area contributed by atoms with Gasteiger partial charge in [-0.3, -0.25) is 0 Å². The van der Waals surface area contributed by atoms with Crippen LogP contribution in [0.2, 0.25) is 0 Å². The van der Waals surface area contributed by atoms with Crippen LogP contribution in [0.5, 0.6) is 0 Å². The Balaban J connectivity index is 1.66. The molecule has 22 heavy (non-hydrogen) atoms. The zero-order chi connectivity index (χ0) is 15.2. The molecule has 0 bridgehead atoms. The lowest BCUT2D eigenvalue weighted by Crippen LogP contribution is -2.04. The predicted octanol–water partition coefficient (Wildman–Crippen LogP) is 4.14. The zero-order valence-corrected chi connectivity index (χ0v) is 12.5. The molecule has 0 unspecified atom stereocenters. The third kappa shape index (κ3) is 3.82. The number of anilines is 3. The number of aryl methyl sites for hydroxylation is 1. The summed E-state index contributed by atoms with van der Waals surface area (Å²) in [4.78, 5) is 8.71. The van der Waals surface area contributed by atoms with E-state index in [9.17, 15) is 0 Å². The van der Waals surface area contributed by atoms with Gasteiger partial charge < -0.3 is 10.6 Å². The second-order valence-corrected chi connectivity index (χ2v) is 5.10. The van der Waals surface area contributed by atoms with E-state index in [0.29, 0.717) is 5.95 Å². The van der Waals surface area contributed by atoms with Crippen molar-refractivity contribution in [2.24, 2.45) is 0 Å². The van der Waals surface area contributed by atoms with E-state index in [0.717, 1.165) is 18.1 Å². The van der Waals surface area contributed by atoms with Gasteiger partial charge in [0.05, 0.1) is 0 Å². The summed E-state index contributed by atoms with van der Waals surface area (Å²) in [7, 11) is 0. The molecule has 0 aliphatic rings. The molecule has 3 rings (SSSR count). The molecule has 2 aromatic carbocycles. The smallest absolute Gasteiger partial charge is 0.229 e. The number of para-hydroxylation sites is 1. The van der Waals surface area contributed by atoms with Crippen LogP contribution in [0.4, 0.5) is 17.5 Å². The minimum Gasteiger partial charge on any atom is -0.366 e. The van der Waals surface area contributed by atoms with Gasteiger partial charge in [-0.05, 0) is 30.7 Å². The molecule has 0 radical (unpaired) electrons. The third-order valence-electron chi connectivity index (χ3n) is 3.24. The summed E-state index contributed by atoms with van der Waals surface area (Å²) < 4.78 is 0. The average molecular weight is 290 g/mol. The van der Waals surface area contributed by atoms with Gasteiger partial charge in [0.15, 0.2) is 0 Å². The maximum atomic E-state index is 4.47. The lowest BCUT2D eigenvalue weighted by atomic mass is 10.1. The Hall–Kier alpha value is -2.88. The Kier molecular flexibility index (Phi) is 4.30. The van der Waals surface area contributed by atoms with E-state index >= 15 is 0 Å². The Morgan fingerprint density at radius 3 is 2.64 bits per heavy atom. The fraction of sp³-hybridized carbons (Fsp3) is 0.111. The molecule has 0 fully saturated rings.